The van der Waals surface area contributed by atoms with Crippen LogP contribution in [0.2, 0.25) is 0 Å². The number of fused-ring (bicyclic) bond motifs is 1. The zero-order valence-electron chi connectivity index (χ0n) is 22.7. The molecule has 5 rings (SSSR count). The summed E-state index contributed by atoms with van der Waals surface area (Å²) in [4.78, 5) is 16.0. The van der Waals surface area contributed by atoms with E-state index < -0.39 is 12.2 Å². The monoisotopic (exact) mass is 562 g/mol. The van der Waals surface area contributed by atoms with E-state index in [1.54, 1.807) is 0 Å². The minimum atomic E-state index is -0.573. The second kappa shape index (κ2) is 12.5. The van der Waals surface area contributed by atoms with E-state index in [-0.39, 0.29) is 12.4 Å². The number of nitrogens with two attached hydrogens (primary N) is 1. The Labute approximate surface area is 237 Å². The van der Waals surface area contributed by atoms with Gasteiger partial charge in [-0.25, -0.2) is 4.79 Å². The molecule has 1 aliphatic heterocycles. The number of nitrogen functional groups attached to an aromatic ring is 1. The molecular weight excluding hydrogens is 528 g/mol. The molecule has 0 saturated carbocycles. The van der Waals surface area contributed by atoms with E-state index in [4.69, 9.17) is 25.4 Å². The van der Waals surface area contributed by atoms with Crippen molar-refractivity contribution in [2.75, 3.05) is 44.8 Å². The zero-order chi connectivity index (χ0) is 28.1. The number of carbonyl (C=O) groups is 1. The number of hydrogen-bond acceptors (Lipinski definition) is 8. The number of carbonyl (C=O) groups excluding carboxylic acids is 1. The summed E-state index contributed by atoms with van der Waals surface area (Å²) in [5, 5.41) is 16.2. The van der Waals surface area contributed by atoms with Gasteiger partial charge < -0.3 is 19.9 Å². The third kappa shape index (κ3) is 6.44. The summed E-state index contributed by atoms with van der Waals surface area (Å²) in [5.74, 6) is 0.647. The lowest BCUT2D eigenvalue weighted by Gasteiger charge is -2.26. The van der Waals surface area contributed by atoms with Gasteiger partial charge in [-0.05, 0) is 37.6 Å². The Balaban J connectivity index is 1.26. The number of aromatic nitrogens is 2. The number of thiophene rings is 1. The molecule has 40 heavy (non-hydrogen) atoms. The van der Waals surface area contributed by atoms with Gasteiger partial charge in [-0.2, -0.15) is 5.10 Å². The van der Waals surface area contributed by atoms with E-state index in [1.807, 2.05) is 73.1 Å². The van der Waals surface area contributed by atoms with E-state index in [0.717, 1.165) is 66.4 Å². The third-order valence-corrected chi connectivity index (χ3v) is 8.07. The summed E-state index contributed by atoms with van der Waals surface area (Å²) >= 11 is 1.44. The van der Waals surface area contributed by atoms with Crippen LogP contribution in [0.15, 0.2) is 54.6 Å². The largest absolute Gasteiger partial charge is 0.481 e. The summed E-state index contributed by atoms with van der Waals surface area (Å²) in [6, 6.07) is 17.2. The van der Waals surface area contributed by atoms with Crippen LogP contribution in [-0.2, 0) is 16.0 Å². The van der Waals surface area contributed by atoms with Crippen LogP contribution in [0.4, 0.5) is 10.5 Å². The van der Waals surface area contributed by atoms with Crippen LogP contribution in [0.5, 0.6) is 5.75 Å². The van der Waals surface area contributed by atoms with Crippen LogP contribution in [-0.4, -0.2) is 66.1 Å². The van der Waals surface area contributed by atoms with Gasteiger partial charge in [0.1, 0.15) is 18.2 Å². The topological polar surface area (TPSA) is 128 Å². The molecule has 10 nitrogen and oxygen atoms in total. The van der Waals surface area contributed by atoms with Gasteiger partial charge in [0.15, 0.2) is 6.10 Å². The number of amidine groups is 1. The number of rotatable bonds is 10. The standard InChI is InChI=1S/C29H34N6O4S/c1-19-27(20(2)35(33-19)12-11-34-13-15-37-16-14-34)32-29(36)38-18-24(21-7-4-3-5-8-21)39-23-9-6-10-25-22(23)17-26(40-25)28(30)31/h3-10,17,24H,11-16,18H2,1-2H3,(H3,30,31)(H,32,36). The van der Waals surface area contributed by atoms with Gasteiger partial charge in [0.05, 0.1) is 41.7 Å². The van der Waals surface area contributed by atoms with Crippen LogP contribution in [0.3, 0.4) is 0 Å². The Bertz CT molecular complexity index is 1480. The summed E-state index contributed by atoms with van der Waals surface area (Å²) in [6.45, 7) is 8.77. The molecule has 11 heteroatoms. The molecule has 1 atom stereocenters. The van der Waals surface area contributed by atoms with Crippen LogP contribution in [0, 0.1) is 19.3 Å². The quantitative estimate of drug-likeness (QED) is 0.189. The highest BCUT2D eigenvalue weighted by Gasteiger charge is 2.21. The highest BCUT2D eigenvalue weighted by atomic mass is 32.1. The number of benzene rings is 2. The van der Waals surface area contributed by atoms with Gasteiger partial charge in [-0.3, -0.25) is 20.3 Å². The van der Waals surface area contributed by atoms with Crippen LogP contribution < -0.4 is 15.8 Å². The lowest BCUT2D eigenvalue weighted by Crippen LogP contribution is -2.38. The molecule has 1 amide bonds. The fourth-order valence-corrected chi connectivity index (χ4v) is 5.67. The molecule has 4 N–H and O–H groups in total. The van der Waals surface area contributed by atoms with Crippen molar-refractivity contribution in [2.24, 2.45) is 5.73 Å². The first-order valence-electron chi connectivity index (χ1n) is 13.3. The minimum Gasteiger partial charge on any atom is -0.481 e. The summed E-state index contributed by atoms with van der Waals surface area (Å²) < 4.78 is 20.4. The third-order valence-electron chi connectivity index (χ3n) is 6.93. The minimum absolute atomic E-state index is 0.000793. The normalized spacial score (nSPS) is 14.7. The van der Waals surface area contributed by atoms with E-state index in [1.165, 1.54) is 11.3 Å². The lowest BCUT2D eigenvalue weighted by atomic mass is 10.1. The lowest BCUT2D eigenvalue weighted by molar-refractivity contribution is 0.0359. The molecule has 1 fully saturated rings. The zero-order valence-corrected chi connectivity index (χ0v) is 23.5. The highest BCUT2D eigenvalue weighted by Crippen LogP contribution is 2.35. The van der Waals surface area contributed by atoms with Gasteiger partial charge in [-0.1, -0.05) is 36.4 Å². The van der Waals surface area contributed by atoms with Crippen molar-refractivity contribution in [3.05, 3.63) is 76.4 Å². The highest BCUT2D eigenvalue weighted by molar-refractivity contribution is 7.20. The fourth-order valence-electron chi connectivity index (χ4n) is 4.73. The van der Waals surface area contributed by atoms with Gasteiger partial charge in [0, 0.05) is 29.7 Å². The molecule has 0 aliphatic carbocycles. The summed E-state index contributed by atoms with van der Waals surface area (Å²) in [7, 11) is 0. The molecule has 4 aromatic rings. The molecule has 210 valence electrons. The number of ether oxygens (including phenoxy) is 3. The van der Waals surface area contributed by atoms with Gasteiger partial charge >= 0.3 is 6.09 Å². The Kier molecular flexibility index (Phi) is 8.63. The molecule has 0 spiro atoms. The molecule has 0 bridgehead atoms. The van der Waals surface area contributed by atoms with E-state index in [9.17, 15) is 4.79 Å². The fraction of sp³-hybridized carbons (Fsp3) is 0.345. The molecule has 1 unspecified atom stereocenters. The molecule has 1 aliphatic rings. The van der Waals surface area contributed by atoms with Gasteiger partial charge in [0.25, 0.3) is 0 Å². The van der Waals surface area contributed by atoms with E-state index >= 15 is 0 Å². The predicted molar refractivity (Wildman–Crippen MR) is 157 cm³/mol. The van der Waals surface area contributed by atoms with E-state index in [0.29, 0.717) is 16.3 Å². The molecule has 0 radical (unpaired) electrons. The van der Waals surface area contributed by atoms with Crippen molar-refractivity contribution in [2.45, 2.75) is 26.5 Å². The maximum absolute atomic E-state index is 12.9. The molecule has 1 saturated heterocycles. The second-order valence-corrected chi connectivity index (χ2v) is 10.7. The first-order valence-corrected chi connectivity index (χ1v) is 14.1. The number of amides is 1. The first kappa shape index (κ1) is 27.6. The molecule has 2 aromatic carbocycles. The Morgan fingerprint density at radius 2 is 1.93 bits per heavy atom. The second-order valence-electron chi connectivity index (χ2n) is 9.66. The maximum atomic E-state index is 12.9. The van der Waals surface area contributed by atoms with E-state index in [2.05, 4.69) is 15.3 Å². The number of aryl methyl sites for hydroxylation is 1. The van der Waals surface area contributed by atoms with Crippen molar-refractivity contribution in [3.8, 4) is 5.75 Å². The Morgan fingerprint density at radius 1 is 1.15 bits per heavy atom. The van der Waals surface area contributed by atoms with Gasteiger partial charge in [-0.15, -0.1) is 11.3 Å². The van der Waals surface area contributed by atoms with Crippen molar-refractivity contribution in [1.82, 2.24) is 14.7 Å². The van der Waals surface area contributed by atoms with Crippen molar-refractivity contribution in [3.63, 3.8) is 0 Å². The number of nitrogens with one attached hydrogen (secondary N) is 2. The molecule has 2 aromatic heterocycles. The smallest absolute Gasteiger partial charge is 0.411 e. The molecular formula is C29H34N6O4S. The number of hydrogen-bond donors (Lipinski definition) is 3. The Morgan fingerprint density at radius 3 is 2.67 bits per heavy atom. The van der Waals surface area contributed by atoms with Crippen LogP contribution in [0.1, 0.15) is 27.9 Å². The van der Waals surface area contributed by atoms with Crippen LogP contribution >= 0.6 is 11.3 Å². The maximum Gasteiger partial charge on any atom is 0.411 e. The predicted octanol–water partition coefficient (Wildman–Crippen LogP) is 4.70. The number of nitrogens with zero attached hydrogens (tertiary/aromatic N) is 3. The average Bonchev–Trinajstić information content (AvgIpc) is 3.53. The van der Waals surface area contributed by atoms with Crippen LogP contribution in [0.25, 0.3) is 10.1 Å². The van der Waals surface area contributed by atoms with Gasteiger partial charge in [0.2, 0.25) is 0 Å². The SMILES string of the molecule is Cc1nn(CCN2CCOCC2)c(C)c1NC(=O)OCC(Oc1cccc2sc(C(=N)N)cc12)c1ccccc1. The first-order chi connectivity index (χ1) is 19.4. The molecule has 3 heterocycles. The van der Waals surface area contributed by atoms with Crippen molar-refractivity contribution in [1.29, 1.82) is 5.41 Å². The average molecular weight is 563 g/mol. The van der Waals surface area contributed by atoms with Crippen molar-refractivity contribution < 1.29 is 19.0 Å². The summed E-state index contributed by atoms with van der Waals surface area (Å²) in [6.07, 6.45) is -1.12. The number of morpholine rings is 1. The summed E-state index contributed by atoms with van der Waals surface area (Å²) in [5.41, 5.74) is 8.86. The Hall–Kier alpha value is -3.93. The number of anilines is 1. The van der Waals surface area contributed by atoms with Crippen molar-refractivity contribution >= 4 is 39.0 Å².